The van der Waals surface area contributed by atoms with Gasteiger partial charge in [-0.3, -0.25) is 0 Å². The number of rotatable bonds is 7. The van der Waals surface area contributed by atoms with E-state index in [-0.39, 0.29) is 49.8 Å². The molecule has 145 heavy (non-hydrogen) atoms. The average molecular weight is 1960 g/mol. The zero-order chi connectivity index (χ0) is 101. The Kier molecular flexibility index (Phi) is 22.0. The first-order valence-electron chi connectivity index (χ1n) is 49.8. The van der Waals surface area contributed by atoms with E-state index in [2.05, 4.69) is 380 Å². The average Bonchev–Trinajstić information content (AvgIpc) is 0.741. The van der Waals surface area contributed by atoms with Gasteiger partial charge in [-0.15, -0.1) is 0 Å². The minimum atomic E-state index is -0.450. The summed E-state index contributed by atoms with van der Waals surface area (Å²) in [4.78, 5) is 46.2. The van der Waals surface area contributed by atoms with Crippen molar-refractivity contribution in [3.63, 3.8) is 0 Å². The molecule has 10 nitrogen and oxygen atoms in total. The number of nitrogens with zero attached hydrogens (tertiary/aromatic N) is 10. The Labute approximate surface area is 863 Å². The molecule has 0 radical (unpaired) electrons. The molecule has 29 rings (SSSR count). The van der Waals surface area contributed by atoms with E-state index in [0.29, 0.717) is 10.9 Å². The highest BCUT2D eigenvalue weighted by Crippen LogP contribution is 2.48. The van der Waals surface area contributed by atoms with Crippen molar-refractivity contribution in [1.82, 2.24) is 49.8 Å². The maximum Gasteiger partial charge on any atom is 0.223 e. The Morgan fingerprint density at radius 2 is 0.366 bits per heavy atom. The van der Waals surface area contributed by atoms with Gasteiger partial charge in [0.05, 0.1) is 62.9 Å². The zero-order valence-electron chi connectivity index (χ0n) is 81.9. The SMILES string of the molecule is Clc1nc(-c2ccc(-c3ccc4ccccc4c3)cc2)c2c3ccccc3c3ccccc3c2n1.Clc1nc(-c2ccc(-c3ccccc3)cc2)c2c3ccccc3c3ccccc3c2n1.Clc1nc(-c2cccc3ccccc23)c2c3ccccc3c3ccccc3c2n1.Clc1nc(-c2ccccc2)c2c3ccccc3c3ccccc3c2n1.[2H]c1c([2H])c([2H])c(-c2nc(Cl)nc3c4ccccc4c4ccccc4c23)c([2H])c1[2H]. The van der Waals surface area contributed by atoms with Crippen molar-refractivity contribution in [2.24, 2.45) is 0 Å². The number of aromatic nitrogens is 10. The van der Waals surface area contributed by atoms with Crippen molar-refractivity contribution in [2.75, 3.05) is 0 Å². The topological polar surface area (TPSA) is 129 Å². The van der Waals surface area contributed by atoms with Crippen LogP contribution in [0.25, 0.3) is 262 Å². The fourth-order valence-electron chi connectivity index (χ4n) is 20.8. The second-order valence-corrected chi connectivity index (χ2v) is 36.9. The van der Waals surface area contributed by atoms with Gasteiger partial charge in [-0.1, -0.05) is 461 Å². The van der Waals surface area contributed by atoms with Gasteiger partial charge in [0, 0.05) is 81.7 Å². The first-order valence-corrected chi connectivity index (χ1v) is 49.2. The van der Waals surface area contributed by atoms with Crippen molar-refractivity contribution in [3.8, 4) is 78.5 Å². The third-order valence-electron chi connectivity index (χ3n) is 27.1. The highest BCUT2D eigenvalue weighted by Gasteiger charge is 2.25. The zero-order valence-corrected chi connectivity index (χ0v) is 80.7. The molecule has 29 aromatic rings. The summed E-state index contributed by atoms with van der Waals surface area (Å²) in [5, 5.41) is 32.6. The number of hydrogen-bond acceptors (Lipinski definition) is 10. The lowest BCUT2D eigenvalue weighted by Gasteiger charge is -2.14. The first kappa shape index (κ1) is 83.3. The van der Waals surface area contributed by atoms with Gasteiger partial charge in [-0.05, 0) is 189 Å². The Morgan fingerprint density at radius 1 is 0.145 bits per heavy atom. The van der Waals surface area contributed by atoms with Crippen molar-refractivity contribution in [1.29, 1.82) is 0 Å². The van der Waals surface area contributed by atoms with Crippen LogP contribution in [-0.2, 0) is 0 Å². The van der Waals surface area contributed by atoms with Crippen LogP contribution in [0.5, 0.6) is 0 Å². The molecule has 0 saturated heterocycles. The molecule has 0 saturated carbocycles. The molecule has 24 aromatic carbocycles. The molecule has 0 bridgehead atoms. The van der Waals surface area contributed by atoms with Crippen LogP contribution in [0.2, 0.25) is 26.4 Å². The molecule has 682 valence electrons. The van der Waals surface area contributed by atoms with Crippen LogP contribution in [0.15, 0.2) is 467 Å². The summed E-state index contributed by atoms with van der Waals surface area (Å²) >= 11 is 31.9. The van der Waals surface area contributed by atoms with E-state index in [9.17, 15) is 0 Å². The van der Waals surface area contributed by atoms with Gasteiger partial charge in [-0.2, -0.15) is 0 Å². The minimum absolute atomic E-state index is 0.00994. The summed E-state index contributed by atoms with van der Waals surface area (Å²) in [5.74, 6) is 0. The smallest absolute Gasteiger partial charge is 0.217 e. The lowest BCUT2D eigenvalue weighted by atomic mass is 9.93. The minimum Gasteiger partial charge on any atom is -0.217 e. The van der Waals surface area contributed by atoms with E-state index in [4.69, 9.17) is 74.8 Å². The van der Waals surface area contributed by atoms with E-state index in [1.54, 1.807) is 0 Å². The van der Waals surface area contributed by atoms with E-state index < -0.39 is 18.1 Å². The fourth-order valence-corrected chi connectivity index (χ4v) is 21.6. The van der Waals surface area contributed by atoms with Crippen LogP contribution in [-0.4, -0.2) is 49.8 Å². The molecule has 5 heterocycles. The normalized spacial score (nSPS) is 12.0. The van der Waals surface area contributed by atoms with Gasteiger partial charge in [0.15, 0.2) is 0 Å². The summed E-state index contributed by atoms with van der Waals surface area (Å²) in [7, 11) is 0. The van der Waals surface area contributed by atoms with Gasteiger partial charge in [0.2, 0.25) is 26.4 Å². The monoisotopic (exact) mass is 1960 g/mol. The molecule has 0 amide bonds. The molecule has 5 aromatic heterocycles. The van der Waals surface area contributed by atoms with Crippen molar-refractivity contribution >= 4 is 242 Å². The van der Waals surface area contributed by atoms with Crippen LogP contribution in [0.3, 0.4) is 0 Å². The predicted octanol–water partition coefficient (Wildman–Crippen LogP) is 36.9. The number of fused-ring (bicyclic) bond motifs is 32. The van der Waals surface area contributed by atoms with E-state index >= 15 is 0 Å². The molecular weight excluding hydrogens is 1880 g/mol. The molecule has 15 heteroatoms. The van der Waals surface area contributed by atoms with Gasteiger partial charge < -0.3 is 0 Å². The second-order valence-electron chi connectivity index (χ2n) is 35.3. The number of halogens is 5. The number of hydrogen-bond donors (Lipinski definition) is 0. The molecule has 0 aliphatic rings. The van der Waals surface area contributed by atoms with Crippen LogP contribution in [0.1, 0.15) is 6.85 Å². The Balaban J connectivity index is 0.0000000974. The lowest BCUT2D eigenvalue weighted by Crippen LogP contribution is -1.95. The maximum absolute atomic E-state index is 8.41. The molecule has 0 aliphatic carbocycles. The fraction of sp³-hybridized carbons (Fsp3) is 0. The lowest BCUT2D eigenvalue weighted by molar-refractivity contribution is 1.23. The summed E-state index contributed by atoms with van der Waals surface area (Å²) in [5.41, 5.74) is 16.7. The van der Waals surface area contributed by atoms with Gasteiger partial charge in [-0.25, -0.2) is 49.8 Å². The predicted molar refractivity (Wildman–Crippen MR) is 611 cm³/mol. The quantitative estimate of drug-likeness (QED) is 0.112. The summed E-state index contributed by atoms with van der Waals surface area (Å²) in [6.45, 7) is 0. The standard InChI is InChI=1S/C32H19ClN2.C28H17ClN2.C26H15ClN2.2C22H13ClN2/c33-32-34-30(22-16-13-21(14-17-22)24-18-15-20-7-1-2-8-23(20)19-24)29-27-11-5-3-9-25(27)26-10-4-6-12-28(26)31(29)35-32;29-28-30-26(20-16-14-19(15-17-20)18-8-2-1-3-9-18)25-23-12-6-4-10-21(23)22-11-5-7-13-24(22)27(25)31-28;27-26-28-24(21-15-7-9-16-8-1-2-10-17(16)21)23-20-13-5-3-11-18(20)19-12-4-6-14-22(19)25(23)29-26;2*23-22-24-20(14-8-2-1-3-9-14)19-17-12-6-4-10-15(17)16-11-5-7-13-18(16)21(19)25-22/h1-19H;1-17H;1-15H;2*1-13H/i;;;1D,2D,3D,8D,9D;. The summed E-state index contributed by atoms with van der Waals surface area (Å²) < 4.78 is 40.8. The van der Waals surface area contributed by atoms with Crippen molar-refractivity contribution < 1.29 is 6.85 Å². The Morgan fingerprint density at radius 3 is 0.710 bits per heavy atom. The highest BCUT2D eigenvalue weighted by molar-refractivity contribution is 6.37. The van der Waals surface area contributed by atoms with Crippen molar-refractivity contribution in [2.45, 2.75) is 0 Å². The molecule has 0 fully saturated rings. The second kappa shape index (κ2) is 38.2. The third-order valence-corrected chi connectivity index (χ3v) is 27.9. The third kappa shape index (κ3) is 16.4. The van der Waals surface area contributed by atoms with Gasteiger partial charge in [0.1, 0.15) is 0 Å². The Hall–Kier alpha value is -17.5. The molecule has 0 unspecified atom stereocenters. The molecule has 0 atom stereocenters. The van der Waals surface area contributed by atoms with Crippen LogP contribution in [0, 0.1) is 0 Å². The van der Waals surface area contributed by atoms with Crippen molar-refractivity contribution in [3.05, 3.63) is 493 Å². The number of benzene rings is 24. The van der Waals surface area contributed by atoms with Crippen LogP contribution < -0.4 is 0 Å². The van der Waals surface area contributed by atoms with Crippen LogP contribution >= 0.6 is 58.0 Å². The van der Waals surface area contributed by atoms with E-state index in [1.165, 1.54) is 81.5 Å². The first-order chi connectivity index (χ1) is 73.6. The van der Waals surface area contributed by atoms with E-state index in [0.717, 1.165) is 159 Å². The molecular formula is C130H77Cl5N10. The van der Waals surface area contributed by atoms with Crippen LogP contribution in [0.4, 0.5) is 0 Å². The maximum atomic E-state index is 8.41. The van der Waals surface area contributed by atoms with Gasteiger partial charge >= 0.3 is 0 Å². The Bertz CT molecular complexity index is 10600. The summed E-state index contributed by atoms with van der Waals surface area (Å²) in [6.07, 6.45) is 0. The highest BCUT2D eigenvalue weighted by atomic mass is 35.5. The largest absolute Gasteiger partial charge is 0.223 e. The molecule has 0 aliphatic heterocycles. The van der Waals surface area contributed by atoms with Gasteiger partial charge in [0.25, 0.3) is 0 Å². The molecule has 0 spiro atoms. The molecule has 0 N–H and O–H groups in total. The summed E-state index contributed by atoms with van der Waals surface area (Å²) in [6, 6.07) is 148. The van der Waals surface area contributed by atoms with E-state index in [1.807, 2.05) is 97.1 Å².